The zero-order valence-corrected chi connectivity index (χ0v) is 11.6. The van der Waals surface area contributed by atoms with Crippen LogP contribution in [0.4, 0.5) is 0 Å². The monoisotopic (exact) mass is 278 g/mol. The lowest BCUT2D eigenvalue weighted by Crippen LogP contribution is -2.57. The minimum atomic E-state index is -0.586. The van der Waals surface area contributed by atoms with Crippen LogP contribution >= 0.6 is 11.6 Å². The minimum absolute atomic E-state index is 0.0633. The minimum Gasteiger partial charge on any atom is -0.350 e. The lowest BCUT2D eigenvalue weighted by molar-refractivity contribution is -0.122. The predicted octanol–water partition coefficient (Wildman–Crippen LogP) is 2.18. The van der Waals surface area contributed by atoms with Gasteiger partial charge < -0.3 is 10.2 Å². The van der Waals surface area contributed by atoms with Crippen molar-refractivity contribution in [2.24, 2.45) is 5.92 Å². The van der Waals surface area contributed by atoms with Crippen LogP contribution < -0.4 is 5.32 Å². The van der Waals surface area contributed by atoms with Gasteiger partial charge in [0.2, 0.25) is 5.91 Å². The molecule has 0 radical (unpaired) electrons. The third-order valence-corrected chi connectivity index (χ3v) is 4.76. The molecule has 0 aromatic heterocycles. The third kappa shape index (κ3) is 2.77. The van der Waals surface area contributed by atoms with Gasteiger partial charge in [-0.2, -0.15) is 0 Å². The number of alkyl halides is 1. The SMILES string of the molecule is O=C(NC1CN2CCC1CC2)C(Cl)c1ccccc1. The van der Waals surface area contributed by atoms with E-state index >= 15 is 0 Å². The summed E-state index contributed by atoms with van der Waals surface area (Å²) in [5.74, 6) is 0.570. The fraction of sp³-hybridized carbons (Fsp3) is 0.533. The maximum atomic E-state index is 12.2. The van der Waals surface area contributed by atoms with E-state index < -0.39 is 5.38 Å². The maximum absolute atomic E-state index is 12.2. The highest BCUT2D eigenvalue weighted by Gasteiger charge is 2.35. The number of hydrogen-bond donors (Lipinski definition) is 1. The van der Waals surface area contributed by atoms with Crippen molar-refractivity contribution in [3.05, 3.63) is 35.9 Å². The van der Waals surface area contributed by atoms with Crippen LogP contribution in [0.25, 0.3) is 0 Å². The van der Waals surface area contributed by atoms with E-state index in [-0.39, 0.29) is 11.9 Å². The van der Waals surface area contributed by atoms with Gasteiger partial charge in [-0.1, -0.05) is 30.3 Å². The summed E-state index contributed by atoms with van der Waals surface area (Å²) >= 11 is 6.25. The molecule has 1 N–H and O–H groups in total. The van der Waals surface area contributed by atoms with Gasteiger partial charge in [-0.25, -0.2) is 0 Å². The average Bonchev–Trinajstić information content (AvgIpc) is 2.48. The van der Waals surface area contributed by atoms with Gasteiger partial charge in [0.25, 0.3) is 0 Å². The van der Waals surface area contributed by atoms with Crippen molar-refractivity contribution >= 4 is 17.5 Å². The van der Waals surface area contributed by atoms with Crippen LogP contribution in [0.2, 0.25) is 0 Å². The number of carbonyl (C=O) groups is 1. The first-order valence-electron chi connectivity index (χ1n) is 6.96. The molecule has 0 aliphatic carbocycles. The van der Waals surface area contributed by atoms with Gasteiger partial charge in [0.05, 0.1) is 0 Å². The van der Waals surface area contributed by atoms with Crippen molar-refractivity contribution in [2.45, 2.75) is 24.3 Å². The van der Waals surface area contributed by atoms with Crippen molar-refractivity contribution in [3.8, 4) is 0 Å². The molecule has 102 valence electrons. The van der Waals surface area contributed by atoms with E-state index in [0.717, 1.165) is 12.1 Å². The van der Waals surface area contributed by atoms with Gasteiger partial charge in [0.15, 0.2) is 0 Å². The second-order valence-electron chi connectivity index (χ2n) is 5.53. The molecule has 3 heterocycles. The molecule has 0 saturated carbocycles. The largest absolute Gasteiger partial charge is 0.350 e. The molecule has 3 saturated heterocycles. The molecule has 3 aliphatic rings. The Morgan fingerprint density at radius 3 is 2.53 bits per heavy atom. The summed E-state index contributed by atoms with van der Waals surface area (Å²) in [5.41, 5.74) is 0.864. The summed E-state index contributed by atoms with van der Waals surface area (Å²) < 4.78 is 0. The second-order valence-corrected chi connectivity index (χ2v) is 5.96. The number of benzene rings is 1. The molecule has 1 amide bonds. The summed E-state index contributed by atoms with van der Waals surface area (Å²) in [6.45, 7) is 3.34. The van der Waals surface area contributed by atoms with Crippen LogP contribution in [0.1, 0.15) is 23.8 Å². The molecule has 3 nitrogen and oxygen atoms in total. The van der Waals surface area contributed by atoms with Crippen LogP contribution in [0.3, 0.4) is 0 Å². The van der Waals surface area contributed by atoms with Gasteiger partial charge in [-0.05, 0) is 37.4 Å². The smallest absolute Gasteiger partial charge is 0.242 e. The highest BCUT2D eigenvalue weighted by Crippen LogP contribution is 2.28. The Balaban J connectivity index is 1.62. The Morgan fingerprint density at radius 2 is 1.95 bits per heavy atom. The number of piperidine rings is 3. The Bertz CT molecular complexity index is 443. The molecule has 2 bridgehead atoms. The van der Waals surface area contributed by atoms with Crippen LogP contribution in [0.15, 0.2) is 30.3 Å². The van der Waals surface area contributed by atoms with E-state index in [1.54, 1.807) is 0 Å². The first-order valence-corrected chi connectivity index (χ1v) is 7.39. The maximum Gasteiger partial charge on any atom is 0.242 e. The van der Waals surface area contributed by atoms with Gasteiger partial charge in [0.1, 0.15) is 5.38 Å². The van der Waals surface area contributed by atoms with E-state index in [2.05, 4.69) is 10.2 Å². The summed E-state index contributed by atoms with van der Waals surface area (Å²) in [6.07, 6.45) is 2.40. The number of rotatable bonds is 3. The van der Waals surface area contributed by atoms with E-state index in [0.29, 0.717) is 5.92 Å². The number of nitrogens with zero attached hydrogens (tertiary/aromatic N) is 1. The van der Waals surface area contributed by atoms with Crippen molar-refractivity contribution in [1.82, 2.24) is 10.2 Å². The highest BCUT2D eigenvalue weighted by molar-refractivity contribution is 6.30. The second kappa shape index (κ2) is 5.51. The molecule has 1 aromatic carbocycles. The summed E-state index contributed by atoms with van der Waals surface area (Å²) in [7, 11) is 0. The standard InChI is InChI=1S/C15H19ClN2O/c16-14(12-4-2-1-3-5-12)15(19)17-13-10-18-8-6-11(13)7-9-18/h1-5,11,13-14H,6-10H2,(H,17,19). The molecule has 0 spiro atoms. The lowest BCUT2D eigenvalue weighted by Gasteiger charge is -2.45. The fourth-order valence-electron chi connectivity index (χ4n) is 3.16. The zero-order chi connectivity index (χ0) is 13.2. The summed E-state index contributed by atoms with van der Waals surface area (Å²) in [6, 6.07) is 9.82. The number of halogens is 1. The molecular formula is C15H19ClN2O. The van der Waals surface area contributed by atoms with Crippen LogP contribution in [-0.2, 0) is 4.79 Å². The van der Waals surface area contributed by atoms with Crippen LogP contribution in [0, 0.1) is 5.92 Å². The van der Waals surface area contributed by atoms with Crippen molar-refractivity contribution < 1.29 is 4.79 Å². The summed E-state index contributed by atoms with van der Waals surface area (Å²) in [5, 5.41) is 2.55. The summed E-state index contributed by atoms with van der Waals surface area (Å²) in [4.78, 5) is 14.7. The van der Waals surface area contributed by atoms with Crippen LogP contribution in [0.5, 0.6) is 0 Å². The fourth-order valence-corrected chi connectivity index (χ4v) is 3.37. The van der Waals surface area contributed by atoms with E-state index in [1.165, 1.54) is 25.9 Å². The number of carbonyl (C=O) groups excluding carboxylic acids is 1. The highest BCUT2D eigenvalue weighted by atomic mass is 35.5. The Morgan fingerprint density at radius 1 is 1.26 bits per heavy atom. The Hall–Kier alpha value is -1.06. The molecule has 3 aliphatic heterocycles. The van der Waals surface area contributed by atoms with Gasteiger partial charge in [-0.15, -0.1) is 11.6 Å². The number of fused-ring (bicyclic) bond motifs is 3. The van der Waals surface area contributed by atoms with E-state index in [9.17, 15) is 4.79 Å². The normalized spacial score (nSPS) is 30.9. The average molecular weight is 279 g/mol. The van der Waals surface area contributed by atoms with Gasteiger partial charge in [-0.3, -0.25) is 4.79 Å². The third-order valence-electron chi connectivity index (χ3n) is 4.31. The molecule has 3 fully saturated rings. The topological polar surface area (TPSA) is 32.3 Å². The molecule has 4 heteroatoms. The molecule has 1 aromatic rings. The van der Waals surface area contributed by atoms with E-state index in [1.807, 2.05) is 30.3 Å². The predicted molar refractivity (Wildman–Crippen MR) is 76.1 cm³/mol. The first kappa shape index (κ1) is 12.9. The lowest BCUT2D eigenvalue weighted by atomic mass is 9.84. The van der Waals surface area contributed by atoms with Crippen molar-refractivity contribution in [2.75, 3.05) is 19.6 Å². The van der Waals surface area contributed by atoms with Crippen molar-refractivity contribution in [1.29, 1.82) is 0 Å². The molecule has 2 atom stereocenters. The molecule has 19 heavy (non-hydrogen) atoms. The zero-order valence-electron chi connectivity index (χ0n) is 10.9. The molecule has 2 unspecified atom stereocenters. The number of amides is 1. The number of nitrogens with one attached hydrogen (secondary N) is 1. The molecule has 4 rings (SSSR count). The van der Waals surface area contributed by atoms with Gasteiger partial charge in [0, 0.05) is 12.6 Å². The molecular weight excluding hydrogens is 260 g/mol. The van der Waals surface area contributed by atoms with Crippen LogP contribution in [-0.4, -0.2) is 36.5 Å². The number of hydrogen-bond acceptors (Lipinski definition) is 2. The quantitative estimate of drug-likeness (QED) is 0.860. The Labute approximate surface area is 118 Å². The van der Waals surface area contributed by atoms with Gasteiger partial charge >= 0.3 is 0 Å². The van der Waals surface area contributed by atoms with E-state index in [4.69, 9.17) is 11.6 Å². The van der Waals surface area contributed by atoms with Crippen molar-refractivity contribution in [3.63, 3.8) is 0 Å². The Kier molecular flexibility index (Phi) is 3.76. The first-order chi connectivity index (χ1) is 9.24.